The van der Waals surface area contributed by atoms with E-state index in [4.69, 9.17) is 0 Å². The SMILES string of the molecule is CCCC1CCC(C(NC)c2nccn2C)CC1. The van der Waals surface area contributed by atoms with E-state index in [-0.39, 0.29) is 0 Å². The fourth-order valence-electron chi connectivity index (χ4n) is 3.47. The number of nitrogens with one attached hydrogen (secondary N) is 1. The molecule has 2 rings (SSSR count). The average Bonchev–Trinajstić information content (AvgIpc) is 2.79. The van der Waals surface area contributed by atoms with E-state index in [1.54, 1.807) is 0 Å². The van der Waals surface area contributed by atoms with Crippen molar-refractivity contribution in [1.29, 1.82) is 0 Å². The first kappa shape index (κ1) is 13.6. The fraction of sp³-hybridized carbons (Fsp3) is 0.800. The highest BCUT2D eigenvalue weighted by Gasteiger charge is 2.29. The maximum atomic E-state index is 4.52. The number of aromatic nitrogens is 2. The van der Waals surface area contributed by atoms with E-state index >= 15 is 0 Å². The minimum atomic E-state index is 0.424. The van der Waals surface area contributed by atoms with Gasteiger partial charge in [0.15, 0.2) is 0 Å². The number of hydrogen-bond donors (Lipinski definition) is 1. The van der Waals surface area contributed by atoms with Gasteiger partial charge in [0, 0.05) is 19.4 Å². The lowest BCUT2D eigenvalue weighted by atomic mass is 9.77. The Hall–Kier alpha value is -0.830. The highest BCUT2D eigenvalue weighted by molar-refractivity contribution is 5.01. The molecular formula is C15H27N3. The highest BCUT2D eigenvalue weighted by Crippen LogP contribution is 2.37. The van der Waals surface area contributed by atoms with Crippen LogP contribution in [0.1, 0.15) is 57.3 Å². The molecule has 1 atom stereocenters. The van der Waals surface area contributed by atoms with Gasteiger partial charge in [0.05, 0.1) is 6.04 Å². The molecule has 18 heavy (non-hydrogen) atoms. The van der Waals surface area contributed by atoms with Crippen LogP contribution in [0.15, 0.2) is 12.4 Å². The predicted octanol–water partition coefficient (Wildman–Crippen LogP) is 3.29. The summed E-state index contributed by atoms with van der Waals surface area (Å²) in [6.07, 6.45) is 12.2. The Morgan fingerprint density at radius 1 is 1.39 bits per heavy atom. The van der Waals surface area contributed by atoms with Gasteiger partial charge in [-0.05, 0) is 31.7 Å². The van der Waals surface area contributed by atoms with Gasteiger partial charge < -0.3 is 9.88 Å². The van der Waals surface area contributed by atoms with Crippen molar-refractivity contribution in [3.63, 3.8) is 0 Å². The van der Waals surface area contributed by atoms with Crippen LogP contribution >= 0.6 is 0 Å². The van der Waals surface area contributed by atoms with Crippen molar-refractivity contribution in [2.24, 2.45) is 18.9 Å². The molecule has 1 N–H and O–H groups in total. The lowest BCUT2D eigenvalue weighted by molar-refractivity contribution is 0.213. The summed E-state index contributed by atoms with van der Waals surface area (Å²) in [4.78, 5) is 4.52. The van der Waals surface area contributed by atoms with Crippen LogP contribution in [0.2, 0.25) is 0 Å². The van der Waals surface area contributed by atoms with E-state index in [1.807, 2.05) is 12.4 Å². The minimum absolute atomic E-state index is 0.424. The standard InChI is InChI=1S/C15H27N3/c1-4-5-12-6-8-13(9-7-12)14(16-2)15-17-10-11-18(15)3/h10-14,16H,4-9H2,1-3H3. The van der Waals surface area contributed by atoms with Gasteiger partial charge in [-0.1, -0.05) is 32.6 Å². The van der Waals surface area contributed by atoms with Crippen LogP contribution in [0, 0.1) is 11.8 Å². The third-order valence-electron chi connectivity index (χ3n) is 4.51. The van der Waals surface area contributed by atoms with Crippen molar-refractivity contribution in [3.8, 4) is 0 Å². The van der Waals surface area contributed by atoms with Crippen molar-refractivity contribution in [2.45, 2.75) is 51.5 Å². The summed E-state index contributed by atoms with van der Waals surface area (Å²) in [5.41, 5.74) is 0. The zero-order valence-electron chi connectivity index (χ0n) is 12.0. The monoisotopic (exact) mass is 249 g/mol. The lowest BCUT2D eigenvalue weighted by Crippen LogP contribution is -2.30. The Bertz CT molecular complexity index is 350. The number of aryl methyl sites for hydroxylation is 1. The maximum absolute atomic E-state index is 4.52. The fourth-order valence-corrected chi connectivity index (χ4v) is 3.47. The summed E-state index contributed by atoms with van der Waals surface area (Å²) >= 11 is 0. The zero-order chi connectivity index (χ0) is 13.0. The molecule has 102 valence electrons. The first-order chi connectivity index (χ1) is 8.76. The average molecular weight is 249 g/mol. The van der Waals surface area contributed by atoms with E-state index in [9.17, 15) is 0 Å². The summed E-state index contributed by atoms with van der Waals surface area (Å²) in [5, 5.41) is 3.48. The summed E-state index contributed by atoms with van der Waals surface area (Å²) in [7, 11) is 4.16. The molecule has 0 aliphatic heterocycles. The Balaban J connectivity index is 1.97. The molecule has 1 unspecified atom stereocenters. The molecule has 0 amide bonds. The van der Waals surface area contributed by atoms with Crippen LogP contribution in [-0.2, 0) is 7.05 Å². The van der Waals surface area contributed by atoms with Crippen molar-refractivity contribution >= 4 is 0 Å². The van der Waals surface area contributed by atoms with Gasteiger partial charge in [-0.2, -0.15) is 0 Å². The normalized spacial score (nSPS) is 26.2. The molecule has 1 aliphatic carbocycles. The first-order valence-electron chi connectivity index (χ1n) is 7.40. The number of imidazole rings is 1. The molecule has 3 nitrogen and oxygen atoms in total. The van der Waals surface area contributed by atoms with E-state index in [2.05, 4.69) is 35.9 Å². The van der Waals surface area contributed by atoms with Crippen LogP contribution in [0.3, 0.4) is 0 Å². The van der Waals surface area contributed by atoms with Crippen LogP contribution in [0.5, 0.6) is 0 Å². The molecule has 1 saturated carbocycles. The molecule has 1 aliphatic rings. The summed E-state index contributed by atoms with van der Waals surface area (Å²) in [5.74, 6) is 2.92. The van der Waals surface area contributed by atoms with Gasteiger partial charge in [0.2, 0.25) is 0 Å². The third-order valence-corrected chi connectivity index (χ3v) is 4.51. The first-order valence-corrected chi connectivity index (χ1v) is 7.40. The van der Waals surface area contributed by atoms with Gasteiger partial charge in [0.1, 0.15) is 5.82 Å². The zero-order valence-corrected chi connectivity index (χ0v) is 12.0. The summed E-state index contributed by atoms with van der Waals surface area (Å²) in [6, 6.07) is 0.424. The quantitative estimate of drug-likeness (QED) is 0.868. The largest absolute Gasteiger partial charge is 0.337 e. The molecule has 1 heterocycles. The minimum Gasteiger partial charge on any atom is -0.337 e. The second-order valence-corrected chi connectivity index (χ2v) is 5.73. The summed E-state index contributed by atoms with van der Waals surface area (Å²) in [6.45, 7) is 2.30. The van der Waals surface area contributed by atoms with Crippen LogP contribution in [0.25, 0.3) is 0 Å². The van der Waals surface area contributed by atoms with Crippen molar-refractivity contribution in [1.82, 2.24) is 14.9 Å². The Kier molecular flexibility index (Phi) is 4.81. The topological polar surface area (TPSA) is 29.9 Å². The van der Waals surface area contributed by atoms with Crippen molar-refractivity contribution < 1.29 is 0 Å². The summed E-state index contributed by atoms with van der Waals surface area (Å²) < 4.78 is 2.15. The van der Waals surface area contributed by atoms with E-state index in [0.29, 0.717) is 6.04 Å². The number of rotatable bonds is 5. The van der Waals surface area contributed by atoms with Gasteiger partial charge in [-0.3, -0.25) is 0 Å². The lowest BCUT2D eigenvalue weighted by Gasteiger charge is -2.33. The number of hydrogen-bond acceptors (Lipinski definition) is 2. The molecule has 1 fully saturated rings. The van der Waals surface area contributed by atoms with Gasteiger partial charge in [0.25, 0.3) is 0 Å². The molecular weight excluding hydrogens is 222 g/mol. The van der Waals surface area contributed by atoms with Crippen LogP contribution < -0.4 is 5.32 Å². The Labute approximate surface area is 111 Å². The molecule has 0 saturated heterocycles. The van der Waals surface area contributed by atoms with Crippen molar-refractivity contribution in [3.05, 3.63) is 18.2 Å². The molecule has 0 spiro atoms. The van der Waals surface area contributed by atoms with E-state index in [1.165, 1.54) is 44.3 Å². The molecule has 0 radical (unpaired) electrons. The van der Waals surface area contributed by atoms with Crippen LogP contribution in [-0.4, -0.2) is 16.6 Å². The molecule has 0 aromatic carbocycles. The molecule has 0 bridgehead atoms. The van der Waals surface area contributed by atoms with Crippen LogP contribution in [0.4, 0.5) is 0 Å². The number of nitrogens with zero attached hydrogens (tertiary/aromatic N) is 2. The molecule has 1 aromatic heterocycles. The molecule has 3 heteroatoms. The second kappa shape index (κ2) is 6.37. The Morgan fingerprint density at radius 3 is 2.61 bits per heavy atom. The smallest absolute Gasteiger partial charge is 0.125 e. The van der Waals surface area contributed by atoms with Gasteiger partial charge >= 0.3 is 0 Å². The Morgan fingerprint density at radius 2 is 2.11 bits per heavy atom. The van der Waals surface area contributed by atoms with Crippen molar-refractivity contribution in [2.75, 3.05) is 7.05 Å². The van der Waals surface area contributed by atoms with Gasteiger partial charge in [-0.15, -0.1) is 0 Å². The van der Waals surface area contributed by atoms with Gasteiger partial charge in [-0.25, -0.2) is 4.98 Å². The third kappa shape index (κ3) is 2.94. The second-order valence-electron chi connectivity index (χ2n) is 5.73. The maximum Gasteiger partial charge on any atom is 0.125 e. The highest BCUT2D eigenvalue weighted by atomic mass is 15.1. The van der Waals surface area contributed by atoms with E-state index in [0.717, 1.165) is 11.8 Å². The molecule has 1 aromatic rings. The van der Waals surface area contributed by atoms with E-state index < -0.39 is 0 Å². The predicted molar refractivity (Wildman–Crippen MR) is 75.4 cm³/mol.